The maximum atomic E-state index is 12.3. The zero-order chi connectivity index (χ0) is 17.8. The van der Waals surface area contributed by atoms with Crippen molar-refractivity contribution in [1.82, 2.24) is 14.8 Å². The third kappa shape index (κ3) is 4.03. The summed E-state index contributed by atoms with van der Waals surface area (Å²) in [6.45, 7) is 2.95. The van der Waals surface area contributed by atoms with E-state index in [2.05, 4.69) is 21.5 Å². The number of nitrogens with one attached hydrogen (secondary N) is 1. The van der Waals surface area contributed by atoms with Gasteiger partial charge < -0.3 is 5.32 Å². The number of rotatable bonds is 6. The Kier molecular flexibility index (Phi) is 5.09. The van der Waals surface area contributed by atoms with Crippen LogP contribution in [0.5, 0.6) is 0 Å². The molecule has 0 unspecified atom stereocenters. The lowest BCUT2D eigenvalue weighted by Gasteiger charge is -2.10. The van der Waals surface area contributed by atoms with Gasteiger partial charge in [0, 0.05) is 24.4 Å². The second-order valence-electron chi connectivity index (χ2n) is 5.80. The SMILES string of the molecule is Cc1cc(NC(=O)Cc2csc(N3CCCC3=O)n2)n(CCC#N)n1. The Labute approximate surface area is 149 Å². The van der Waals surface area contributed by atoms with E-state index in [0.717, 1.165) is 12.1 Å². The summed E-state index contributed by atoms with van der Waals surface area (Å²) >= 11 is 1.38. The number of thiazole rings is 1. The van der Waals surface area contributed by atoms with Gasteiger partial charge >= 0.3 is 0 Å². The molecule has 2 amide bonds. The fraction of sp³-hybridized carbons (Fsp3) is 0.438. The molecular formula is C16H18N6O2S. The number of hydrogen-bond acceptors (Lipinski definition) is 6. The number of nitriles is 1. The van der Waals surface area contributed by atoms with Gasteiger partial charge in [-0.2, -0.15) is 10.4 Å². The third-order valence-electron chi connectivity index (χ3n) is 3.79. The molecule has 9 heteroatoms. The van der Waals surface area contributed by atoms with E-state index in [0.29, 0.717) is 42.6 Å². The minimum absolute atomic E-state index is 0.0854. The number of aryl methyl sites for hydroxylation is 2. The summed E-state index contributed by atoms with van der Waals surface area (Å²) in [7, 11) is 0. The van der Waals surface area contributed by atoms with Crippen LogP contribution in [0.3, 0.4) is 0 Å². The van der Waals surface area contributed by atoms with Crippen molar-refractivity contribution in [2.75, 3.05) is 16.8 Å². The molecule has 0 aliphatic carbocycles. The van der Waals surface area contributed by atoms with Gasteiger partial charge in [0.2, 0.25) is 11.8 Å². The van der Waals surface area contributed by atoms with Gasteiger partial charge in [0.15, 0.2) is 5.13 Å². The highest BCUT2D eigenvalue weighted by atomic mass is 32.1. The monoisotopic (exact) mass is 358 g/mol. The van der Waals surface area contributed by atoms with E-state index >= 15 is 0 Å². The molecule has 1 fully saturated rings. The van der Waals surface area contributed by atoms with Crippen molar-refractivity contribution >= 4 is 34.1 Å². The minimum atomic E-state index is -0.206. The van der Waals surface area contributed by atoms with E-state index in [1.54, 1.807) is 21.0 Å². The summed E-state index contributed by atoms with van der Waals surface area (Å²) in [6, 6.07) is 3.83. The van der Waals surface area contributed by atoms with Crippen LogP contribution < -0.4 is 10.2 Å². The maximum Gasteiger partial charge on any atom is 0.231 e. The molecule has 0 bridgehead atoms. The van der Waals surface area contributed by atoms with Gasteiger partial charge in [-0.3, -0.25) is 14.5 Å². The van der Waals surface area contributed by atoms with Gasteiger partial charge in [0.25, 0.3) is 0 Å². The van der Waals surface area contributed by atoms with Gasteiger partial charge in [-0.25, -0.2) is 9.67 Å². The largest absolute Gasteiger partial charge is 0.311 e. The van der Waals surface area contributed by atoms with Crippen LogP contribution in [-0.2, 0) is 22.6 Å². The Morgan fingerprint density at radius 2 is 2.36 bits per heavy atom. The van der Waals surface area contributed by atoms with E-state index in [-0.39, 0.29) is 18.2 Å². The summed E-state index contributed by atoms with van der Waals surface area (Å²) < 4.78 is 1.62. The number of carbonyl (C=O) groups is 2. The normalized spacial score (nSPS) is 13.9. The molecule has 2 aromatic rings. The van der Waals surface area contributed by atoms with Gasteiger partial charge in [-0.05, 0) is 13.3 Å². The number of anilines is 2. The highest BCUT2D eigenvalue weighted by Crippen LogP contribution is 2.25. The topological polar surface area (TPSA) is 104 Å². The van der Waals surface area contributed by atoms with Crippen LogP contribution in [0.25, 0.3) is 0 Å². The molecule has 0 radical (unpaired) electrons. The van der Waals surface area contributed by atoms with Gasteiger partial charge in [-0.15, -0.1) is 11.3 Å². The number of carbonyl (C=O) groups excluding carboxylic acids is 2. The molecule has 0 aromatic carbocycles. The predicted molar refractivity (Wildman–Crippen MR) is 93.2 cm³/mol. The van der Waals surface area contributed by atoms with E-state index in [1.165, 1.54) is 11.3 Å². The first-order valence-electron chi connectivity index (χ1n) is 8.03. The predicted octanol–water partition coefficient (Wildman–Crippen LogP) is 1.87. The highest BCUT2D eigenvalue weighted by molar-refractivity contribution is 7.14. The molecular weight excluding hydrogens is 340 g/mol. The molecule has 1 N–H and O–H groups in total. The molecule has 0 atom stereocenters. The molecule has 2 aromatic heterocycles. The minimum Gasteiger partial charge on any atom is -0.311 e. The lowest BCUT2D eigenvalue weighted by molar-refractivity contribution is -0.117. The van der Waals surface area contributed by atoms with Crippen LogP contribution in [-0.4, -0.2) is 33.1 Å². The average molecular weight is 358 g/mol. The first kappa shape index (κ1) is 17.1. The lowest BCUT2D eigenvalue weighted by atomic mass is 10.3. The number of nitrogens with zero attached hydrogens (tertiary/aromatic N) is 5. The summed E-state index contributed by atoms with van der Waals surface area (Å²) in [5, 5.41) is 18.2. The van der Waals surface area contributed by atoms with Crippen LogP contribution >= 0.6 is 11.3 Å². The van der Waals surface area contributed by atoms with Crippen molar-refractivity contribution in [3.05, 3.63) is 22.8 Å². The van der Waals surface area contributed by atoms with E-state index in [9.17, 15) is 9.59 Å². The Balaban J connectivity index is 1.63. The van der Waals surface area contributed by atoms with Crippen LogP contribution in [0.4, 0.5) is 10.9 Å². The van der Waals surface area contributed by atoms with Gasteiger partial charge in [0.05, 0.1) is 36.8 Å². The molecule has 1 aliphatic rings. The van der Waals surface area contributed by atoms with Crippen molar-refractivity contribution < 1.29 is 9.59 Å². The van der Waals surface area contributed by atoms with Crippen molar-refractivity contribution in [3.8, 4) is 6.07 Å². The summed E-state index contributed by atoms with van der Waals surface area (Å²) in [4.78, 5) is 30.1. The zero-order valence-corrected chi connectivity index (χ0v) is 14.7. The summed E-state index contributed by atoms with van der Waals surface area (Å²) in [5.74, 6) is 0.452. The first-order chi connectivity index (χ1) is 12.1. The average Bonchev–Trinajstić information content (AvgIpc) is 3.26. The number of amides is 2. The molecule has 3 rings (SSSR count). The fourth-order valence-corrected chi connectivity index (χ4v) is 3.54. The quantitative estimate of drug-likeness (QED) is 0.849. The first-order valence-corrected chi connectivity index (χ1v) is 8.91. The van der Waals surface area contributed by atoms with Crippen LogP contribution in [0, 0.1) is 18.3 Å². The molecule has 1 aliphatic heterocycles. The standard InChI is InChI=1S/C16H18N6O2S/c1-11-8-13(22(20-11)7-3-5-17)19-14(23)9-12-10-25-16(18-12)21-6-2-4-15(21)24/h8,10H,2-4,6-7,9H2,1H3,(H,19,23). The third-order valence-corrected chi connectivity index (χ3v) is 4.70. The zero-order valence-electron chi connectivity index (χ0n) is 13.9. The van der Waals surface area contributed by atoms with E-state index in [1.807, 2.05) is 6.92 Å². The summed E-state index contributed by atoms with van der Waals surface area (Å²) in [5.41, 5.74) is 1.41. The van der Waals surface area contributed by atoms with Gasteiger partial charge in [-0.1, -0.05) is 0 Å². The van der Waals surface area contributed by atoms with Crippen LogP contribution in [0.1, 0.15) is 30.7 Å². The Hall–Kier alpha value is -2.73. The fourth-order valence-electron chi connectivity index (χ4n) is 2.68. The van der Waals surface area contributed by atoms with E-state index in [4.69, 9.17) is 5.26 Å². The smallest absolute Gasteiger partial charge is 0.231 e. The maximum absolute atomic E-state index is 12.3. The van der Waals surface area contributed by atoms with Crippen molar-refractivity contribution in [2.45, 2.75) is 39.2 Å². The molecule has 3 heterocycles. The van der Waals surface area contributed by atoms with Crippen LogP contribution in [0.2, 0.25) is 0 Å². The van der Waals surface area contributed by atoms with E-state index < -0.39 is 0 Å². The Morgan fingerprint density at radius 1 is 1.52 bits per heavy atom. The Morgan fingerprint density at radius 3 is 3.08 bits per heavy atom. The molecule has 25 heavy (non-hydrogen) atoms. The summed E-state index contributed by atoms with van der Waals surface area (Å²) in [6.07, 6.45) is 1.85. The number of hydrogen-bond donors (Lipinski definition) is 1. The molecule has 1 saturated heterocycles. The molecule has 0 saturated carbocycles. The van der Waals surface area contributed by atoms with Crippen molar-refractivity contribution in [3.63, 3.8) is 0 Å². The second kappa shape index (κ2) is 7.44. The molecule has 0 spiro atoms. The van der Waals surface area contributed by atoms with Gasteiger partial charge in [0.1, 0.15) is 5.82 Å². The molecule has 130 valence electrons. The van der Waals surface area contributed by atoms with Crippen LogP contribution in [0.15, 0.2) is 11.4 Å². The number of aromatic nitrogens is 3. The lowest BCUT2D eigenvalue weighted by Crippen LogP contribution is -2.23. The van der Waals surface area contributed by atoms with Crippen molar-refractivity contribution in [1.29, 1.82) is 5.26 Å². The Bertz CT molecular complexity index is 834. The highest BCUT2D eigenvalue weighted by Gasteiger charge is 2.24. The molecule has 8 nitrogen and oxygen atoms in total. The second-order valence-corrected chi connectivity index (χ2v) is 6.63. The van der Waals surface area contributed by atoms with Crippen molar-refractivity contribution in [2.24, 2.45) is 0 Å².